The highest BCUT2D eigenvalue weighted by Crippen LogP contribution is 2.42. The molecule has 1 aromatic carbocycles. The van der Waals surface area contributed by atoms with Gasteiger partial charge in [-0.2, -0.15) is 0 Å². The highest BCUT2D eigenvalue weighted by atomic mass is 32.2. The van der Waals surface area contributed by atoms with Crippen LogP contribution in [0.15, 0.2) is 48.9 Å². The Balaban J connectivity index is 1.32. The largest absolute Gasteiger partial charge is 0.477 e. The number of anilines is 2. The number of benzene rings is 1. The van der Waals surface area contributed by atoms with E-state index in [1.54, 1.807) is 30.5 Å². The molecule has 2 saturated carbocycles. The zero-order valence-corrected chi connectivity index (χ0v) is 20.0. The minimum absolute atomic E-state index is 0.0182. The summed E-state index contributed by atoms with van der Waals surface area (Å²) in [5.74, 6) is 1.05. The lowest BCUT2D eigenvalue weighted by Gasteiger charge is -2.27. The standard InChI is InChI=1S/C25H28N6O2S/c1-2-33-22-16-26-15-20(29-22)17-5-7-18(8-6-17)28-23(32)25(12-3-4-13-25)21-11-14-27-24(30-21)31-34-19-9-10-19/h5-8,11,14-16,19H,2-4,9-10,12-13H2,1H3,(H,28,32)(H,27,30,31). The van der Waals surface area contributed by atoms with Crippen LogP contribution < -0.4 is 14.8 Å². The van der Waals surface area contributed by atoms with Gasteiger partial charge >= 0.3 is 0 Å². The molecule has 0 radical (unpaired) electrons. The Morgan fingerprint density at radius 2 is 1.91 bits per heavy atom. The fourth-order valence-electron chi connectivity index (χ4n) is 4.25. The maximum absolute atomic E-state index is 13.6. The third-order valence-corrected chi connectivity index (χ3v) is 7.33. The molecule has 0 spiro atoms. The van der Waals surface area contributed by atoms with Crippen LogP contribution in [0.3, 0.4) is 0 Å². The molecular weight excluding hydrogens is 448 g/mol. The Bertz CT molecular complexity index is 1150. The van der Waals surface area contributed by atoms with Gasteiger partial charge < -0.3 is 10.1 Å². The summed E-state index contributed by atoms with van der Waals surface area (Å²) >= 11 is 1.67. The highest BCUT2D eigenvalue weighted by molar-refractivity contribution is 8.01. The summed E-state index contributed by atoms with van der Waals surface area (Å²) < 4.78 is 8.70. The van der Waals surface area contributed by atoms with E-state index in [2.05, 4.69) is 25.0 Å². The van der Waals surface area contributed by atoms with Crippen LogP contribution in [0.1, 0.15) is 51.1 Å². The Labute approximate surface area is 203 Å². The Morgan fingerprint density at radius 3 is 2.65 bits per heavy atom. The molecule has 3 aromatic rings. The average Bonchev–Trinajstić information content (AvgIpc) is 3.56. The quantitative estimate of drug-likeness (QED) is 0.416. The number of rotatable bonds is 9. The molecule has 176 valence electrons. The van der Waals surface area contributed by atoms with Crippen molar-refractivity contribution in [2.45, 2.75) is 56.1 Å². The molecule has 0 saturated heterocycles. The van der Waals surface area contributed by atoms with E-state index >= 15 is 0 Å². The van der Waals surface area contributed by atoms with Gasteiger partial charge in [-0.05, 0) is 62.8 Å². The summed E-state index contributed by atoms with van der Waals surface area (Å²) in [5, 5.41) is 3.77. The van der Waals surface area contributed by atoms with Crippen molar-refractivity contribution in [3.05, 3.63) is 54.6 Å². The summed E-state index contributed by atoms with van der Waals surface area (Å²) in [5.41, 5.74) is 2.52. The minimum Gasteiger partial charge on any atom is -0.477 e. The van der Waals surface area contributed by atoms with Crippen molar-refractivity contribution in [1.29, 1.82) is 0 Å². The Kier molecular flexibility index (Phi) is 6.62. The van der Waals surface area contributed by atoms with Gasteiger partial charge in [0, 0.05) is 22.7 Å². The second-order valence-electron chi connectivity index (χ2n) is 8.68. The number of amides is 1. The van der Waals surface area contributed by atoms with Crippen LogP contribution in [-0.2, 0) is 10.2 Å². The molecule has 0 aliphatic heterocycles. The number of hydrogen-bond acceptors (Lipinski definition) is 8. The van der Waals surface area contributed by atoms with Crippen molar-refractivity contribution in [1.82, 2.24) is 19.9 Å². The fourth-order valence-corrected chi connectivity index (χ4v) is 5.00. The monoisotopic (exact) mass is 476 g/mol. The topological polar surface area (TPSA) is 102 Å². The predicted octanol–water partition coefficient (Wildman–Crippen LogP) is 5.01. The first-order valence-electron chi connectivity index (χ1n) is 11.8. The maximum Gasteiger partial charge on any atom is 0.236 e. The summed E-state index contributed by atoms with van der Waals surface area (Å²) in [4.78, 5) is 31.3. The van der Waals surface area contributed by atoms with E-state index in [0.29, 0.717) is 23.7 Å². The van der Waals surface area contributed by atoms with Crippen molar-refractivity contribution < 1.29 is 9.53 Å². The van der Waals surface area contributed by atoms with Gasteiger partial charge in [0.25, 0.3) is 0 Å². The van der Waals surface area contributed by atoms with Crippen LogP contribution in [0.5, 0.6) is 5.88 Å². The van der Waals surface area contributed by atoms with Crippen molar-refractivity contribution in [2.24, 2.45) is 0 Å². The normalized spacial score (nSPS) is 16.7. The molecule has 2 aromatic heterocycles. The van der Waals surface area contributed by atoms with Gasteiger partial charge in [-0.25, -0.2) is 15.0 Å². The van der Waals surface area contributed by atoms with Crippen LogP contribution in [0, 0.1) is 0 Å². The molecule has 0 atom stereocenters. The molecule has 2 fully saturated rings. The van der Waals surface area contributed by atoms with Gasteiger partial charge in [0.2, 0.25) is 17.7 Å². The maximum atomic E-state index is 13.6. The minimum atomic E-state index is -0.639. The van der Waals surface area contributed by atoms with Crippen molar-refractivity contribution in [3.63, 3.8) is 0 Å². The number of ether oxygens (including phenoxy) is 1. The number of hydrogen-bond donors (Lipinski definition) is 2. The SMILES string of the molecule is CCOc1cncc(-c2ccc(NC(=O)C3(c4ccnc(NSC5CC5)n4)CCCC3)cc2)n1. The average molecular weight is 477 g/mol. The molecule has 2 heterocycles. The van der Waals surface area contributed by atoms with Gasteiger partial charge in [-0.3, -0.25) is 14.5 Å². The highest BCUT2D eigenvalue weighted by Gasteiger charge is 2.44. The van der Waals surface area contributed by atoms with E-state index in [4.69, 9.17) is 9.72 Å². The zero-order valence-electron chi connectivity index (χ0n) is 19.2. The van der Waals surface area contributed by atoms with E-state index < -0.39 is 5.41 Å². The van der Waals surface area contributed by atoms with Crippen LogP contribution >= 0.6 is 11.9 Å². The van der Waals surface area contributed by atoms with Crippen molar-refractivity contribution >= 4 is 29.5 Å². The number of nitrogens with zero attached hydrogens (tertiary/aromatic N) is 4. The molecule has 2 aliphatic carbocycles. The number of aromatic nitrogens is 4. The lowest BCUT2D eigenvalue weighted by Crippen LogP contribution is -2.38. The van der Waals surface area contributed by atoms with Crippen molar-refractivity contribution in [3.8, 4) is 17.1 Å². The van der Waals surface area contributed by atoms with E-state index in [-0.39, 0.29) is 5.91 Å². The molecule has 34 heavy (non-hydrogen) atoms. The summed E-state index contributed by atoms with van der Waals surface area (Å²) in [6, 6.07) is 9.52. The molecule has 5 rings (SSSR count). The molecule has 0 unspecified atom stereocenters. The second kappa shape index (κ2) is 9.97. The first-order chi connectivity index (χ1) is 16.7. The molecule has 0 bridgehead atoms. The van der Waals surface area contributed by atoms with Crippen LogP contribution in [0.25, 0.3) is 11.3 Å². The Morgan fingerprint density at radius 1 is 1.12 bits per heavy atom. The molecule has 9 heteroatoms. The zero-order chi connectivity index (χ0) is 23.4. The van der Waals surface area contributed by atoms with Gasteiger partial charge in [-0.15, -0.1) is 0 Å². The fraction of sp³-hybridized carbons (Fsp3) is 0.400. The van der Waals surface area contributed by atoms with Gasteiger partial charge in [0.05, 0.1) is 35.8 Å². The first kappa shape index (κ1) is 22.6. The Hall–Kier alpha value is -3.20. The third kappa shape index (κ3) is 4.99. The first-order valence-corrected chi connectivity index (χ1v) is 12.7. The molecular formula is C25H28N6O2S. The van der Waals surface area contributed by atoms with Crippen LogP contribution in [0.4, 0.5) is 11.6 Å². The number of carbonyl (C=O) groups is 1. The summed E-state index contributed by atoms with van der Waals surface area (Å²) in [6.07, 6.45) is 11.1. The van der Waals surface area contributed by atoms with E-state index in [0.717, 1.165) is 48.3 Å². The lowest BCUT2D eigenvalue weighted by atomic mass is 9.81. The number of carbonyl (C=O) groups excluding carboxylic acids is 1. The molecule has 2 aliphatic rings. The van der Waals surface area contributed by atoms with Gasteiger partial charge in [0.1, 0.15) is 0 Å². The van der Waals surface area contributed by atoms with E-state index in [1.807, 2.05) is 37.3 Å². The lowest BCUT2D eigenvalue weighted by molar-refractivity contribution is -0.121. The van der Waals surface area contributed by atoms with Crippen molar-refractivity contribution in [2.75, 3.05) is 16.6 Å². The van der Waals surface area contributed by atoms with Gasteiger partial charge in [-0.1, -0.05) is 25.0 Å². The summed E-state index contributed by atoms with van der Waals surface area (Å²) in [6.45, 7) is 2.45. The van der Waals surface area contributed by atoms with E-state index in [1.165, 1.54) is 12.8 Å². The third-order valence-electron chi connectivity index (χ3n) is 6.22. The second-order valence-corrected chi connectivity index (χ2v) is 9.79. The summed E-state index contributed by atoms with van der Waals surface area (Å²) in [7, 11) is 0. The van der Waals surface area contributed by atoms with E-state index in [9.17, 15) is 4.79 Å². The predicted molar refractivity (Wildman–Crippen MR) is 134 cm³/mol. The van der Waals surface area contributed by atoms with Crippen LogP contribution in [0.2, 0.25) is 0 Å². The smallest absolute Gasteiger partial charge is 0.236 e. The molecule has 2 N–H and O–H groups in total. The molecule has 1 amide bonds. The molecule has 8 nitrogen and oxygen atoms in total. The van der Waals surface area contributed by atoms with Gasteiger partial charge in [0.15, 0.2) is 0 Å². The number of nitrogens with one attached hydrogen (secondary N) is 2. The van der Waals surface area contributed by atoms with Crippen LogP contribution in [-0.4, -0.2) is 37.7 Å².